The highest BCUT2D eigenvalue weighted by atomic mass is 19.1. The van der Waals surface area contributed by atoms with Gasteiger partial charge in [-0.2, -0.15) is 4.39 Å². The number of para-hydroxylation sites is 2. The second-order valence-electron chi connectivity index (χ2n) is 2.95. The van der Waals surface area contributed by atoms with Gasteiger partial charge in [0.25, 0.3) is 0 Å². The highest BCUT2D eigenvalue weighted by Gasteiger charge is 2.18. The van der Waals surface area contributed by atoms with Crippen LogP contribution in [0.4, 0.5) is 10.1 Å². The summed E-state index contributed by atoms with van der Waals surface area (Å²) in [6.07, 6.45) is -2.46. The lowest BCUT2D eigenvalue weighted by Crippen LogP contribution is -2.22. The summed E-state index contributed by atoms with van der Waals surface area (Å²) in [4.78, 5) is 21.1. The lowest BCUT2D eigenvalue weighted by atomic mass is 10.3. The summed E-state index contributed by atoms with van der Waals surface area (Å²) < 4.78 is 17.3. The van der Waals surface area contributed by atoms with E-state index < -0.39 is 12.3 Å². The number of carboxylic acid groups (broad SMARTS) is 1. The van der Waals surface area contributed by atoms with E-state index in [0.29, 0.717) is 0 Å². The zero-order chi connectivity index (χ0) is 12.1. The molecule has 0 aliphatic heterocycles. The van der Waals surface area contributed by atoms with Crippen molar-refractivity contribution in [3.63, 3.8) is 0 Å². The molecule has 86 valence electrons. The molecule has 0 heterocycles. The largest absolute Gasteiger partial charge is 0.476 e. The van der Waals surface area contributed by atoms with E-state index in [9.17, 15) is 14.0 Å². The van der Waals surface area contributed by atoms with Gasteiger partial charge < -0.3 is 15.2 Å². The van der Waals surface area contributed by atoms with Crippen LogP contribution in [0.3, 0.4) is 0 Å². The van der Waals surface area contributed by atoms with Crippen LogP contribution < -0.4 is 10.1 Å². The Balaban J connectivity index is 2.86. The molecule has 6 heteroatoms. The third kappa shape index (κ3) is 3.23. The number of ether oxygens (including phenoxy) is 1. The predicted octanol–water partition coefficient (Wildman–Crippen LogP) is 1.40. The van der Waals surface area contributed by atoms with Gasteiger partial charge in [-0.15, -0.1) is 0 Å². The number of carboxylic acids is 1. The SMILES string of the molecule is CC(=O)Nc1ccccc1OC(F)C(=O)O. The van der Waals surface area contributed by atoms with Crippen molar-refractivity contribution in [2.75, 3.05) is 5.32 Å². The molecule has 1 atom stereocenters. The van der Waals surface area contributed by atoms with E-state index in [2.05, 4.69) is 10.1 Å². The number of benzene rings is 1. The van der Waals surface area contributed by atoms with Crippen molar-refractivity contribution >= 4 is 17.6 Å². The molecule has 16 heavy (non-hydrogen) atoms. The summed E-state index contributed by atoms with van der Waals surface area (Å²) in [7, 11) is 0. The first-order valence-corrected chi connectivity index (χ1v) is 4.41. The summed E-state index contributed by atoms with van der Waals surface area (Å²) in [5, 5.41) is 10.7. The molecule has 0 aliphatic carbocycles. The second-order valence-corrected chi connectivity index (χ2v) is 2.95. The van der Waals surface area contributed by atoms with Crippen molar-refractivity contribution in [1.82, 2.24) is 0 Å². The first-order valence-electron chi connectivity index (χ1n) is 4.41. The van der Waals surface area contributed by atoms with E-state index in [4.69, 9.17) is 5.11 Å². The van der Waals surface area contributed by atoms with Gasteiger partial charge in [-0.1, -0.05) is 12.1 Å². The minimum absolute atomic E-state index is 0.0346. The molecule has 0 radical (unpaired) electrons. The zero-order valence-electron chi connectivity index (χ0n) is 8.44. The summed E-state index contributed by atoms with van der Waals surface area (Å²) in [5.41, 5.74) is 0.221. The van der Waals surface area contributed by atoms with Crippen molar-refractivity contribution in [1.29, 1.82) is 0 Å². The fourth-order valence-corrected chi connectivity index (χ4v) is 1.02. The van der Waals surface area contributed by atoms with Crippen molar-refractivity contribution < 1.29 is 23.8 Å². The minimum Gasteiger partial charge on any atom is -0.476 e. The molecule has 5 nitrogen and oxygen atoms in total. The van der Waals surface area contributed by atoms with Gasteiger partial charge in [-0.25, -0.2) is 4.79 Å². The third-order valence-corrected chi connectivity index (χ3v) is 1.62. The monoisotopic (exact) mass is 227 g/mol. The Morgan fingerprint density at radius 3 is 2.62 bits per heavy atom. The van der Waals surface area contributed by atoms with Crippen LogP contribution in [0.5, 0.6) is 5.75 Å². The molecule has 0 aliphatic rings. The van der Waals surface area contributed by atoms with E-state index in [0.717, 1.165) is 0 Å². The summed E-state index contributed by atoms with van der Waals surface area (Å²) in [6, 6.07) is 5.98. The van der Waals surface area contributed by atoms with Gasteiger partial charge in [0.2, 0.25) is 5.91 Å². The molecule has 1 aromatic carbocycles. The lowest BCUT2D eigenvalue weighted by molar-refractivity contribution is -0.153. The van der Waals surface area contributed by atoms with Gasteiger partial charge in [0.1, 0.15) is 5.75 Å². The third-order valence-electron chi connectivity index (χ3n) is 1.62. The van der Waals surface area contributed by atoms with Gasteiger partial charge in [0, 0.05) is 6.92 Å². The normalized spacial score (nSPS) is 11.6. The van der Waals surface area contributed by atoms with Crippen LogP contribution in [0.2, 0.25) is 0 Å². The van der Waals surface area contributed by atoms with E-state index in [1.54, 1.807) is 6.07 Å². The molecule has 0 spiro atoms. The topological polar surface area (TPSA) is 75.6 Å². The van der Waals surface area contributed by atoms with Gasteiger partial charge >= 0.3 is 12.3 Å². The smallest absolute Gasteiger partial charge is 0.378 e. The number of hydrogen-bond donors (Lipinski definition) is 2. The lowest BCUT2D eigenvalue weighted by Gasteiger charge is -2.11. The van der Waals surface area contributed by atoms with Gasteiger partial charge in [0.05, 0.1) is 5.69 Å². The molecule has 1 unspecified atom stereocenters. The highest BCUT2D eigenvalue weighted by molar-refractivity contribution is 5.90. The number of hydrogen-bond acceptors (Lipinski definition) is 3. The van der Waals surface area contributed by atoms with Crippen molar-refractivity contribution in [3.05, 3.63) is 24.3 Å². The average molecular weight is 227 g/mol. The number of nitrogens with one attached hydrogen (secondary N) is 1. The number of anilines is 1. The average Bonchev–Trinajstić information content (AvgIpc) is 2.20. The Kier molecular flexibility index (Phi) is 3.82. The molecule has 0 saturated carbocycles. The molecular formula is C10H10FNO4. The van der Waals surface area contributed by atoms with Crippen molar-refractivity contribution in [2.24, 2.45) is 0 Å². The van der Waals surface area contributed by atoms with E-state index in [1.165, 1.54) is 25.1 Å². The summed E-state index contributed by atoms with van der Waals surface area (Å²) >= 11 is 0. The molecule has 1 aromatic rings. The maximum atomic E-state index is 12.8. The molecular weight excluding hydrogens is 217 g/mol. The Morgan fingerprint density at radius 2 is 2.06 bits per heavy atom. The van der Waals surface area contributed by atoms with Gasteiger partial charge in [0.15, 0.2) is 0 Å². The van der Waals surface area contributed by atoms with E-state index >= 15 is 0 Å². The van der Waals surface area contributed by atoms with Crippen LogP contribution in [0.15, 0.2) is 24.3 Å². The van der Waals surface area contributed by atoms with Crippen LogP contribution in [-0.2, 0) is 9.59 Å². The number of rotatable bonds is 4. The number of carbonyl (C=O) groups excluding carboxylic acids is 1. The first kappa shape index (κ1) is 12.0. The van der Waals surface area contributed by atoms with Crippen LogP contribution in [0.25, 0.3) is 0 Å². The fourth-order valence-electron chi connectivity index (χ4n) is 1.02. The molecule has 1 amide bonds. The summed E-state index contributed by atoms with van der Waals surface area (Å²) in [5.74, 6) is -2.12. The quantitative estimate of drug-likeness (QED) is 0.815. The van der Waals surface area contributed by atoms with Crippen LogP contribution in [-0.4, -0.2) is 23.3 Å². The Morgan fingerprint density at radius 1 is 1.44 bits per heavy atom. The predicted molar refractivity (Wildman–Crippen MR) is 53.9 cm³/mol. The van der Waals surface area contributed by atoms with Crippen molar-refractivity contribution in [2.45, 2.75) is 13.3 Å². The molecule has 0 aromatic heterocycles. The number of halogens is 1. The van der Waals surface area contributed by atoms with Gasteiger partial charge in [-0.05, 0) is 12.1 Å². The van der Waals surface area contributed by atoms with Crippen LogP contribution in [0.1, 0.15) is 6.92 Å². The van der Waals surface area contributed by atoms with Crippen LogP contribution in [0, 0.1) is 0 Å². The number of aliphatic carboxylic acids is 1. The second kappa shape index (κ2) is 5.11. The number of alkyl halides is 1. The molecule has 0 bridgehead atoms. The first-order chi connectivity index (χ1) is 7.50. The van der Waals surface area contributed by atoms with E-state index in [-0.39, 0.29) is 17.3 Å². The molecule has 1 rings (SSSR count). The standard InChI is InChI=1S/C10H10FNO4/c1-6(13)12-7-4-2-3-5-8(7)16-9(11)10(14)15/h2-5,9H,1H3,(H,12,13)(H,14,15). The Bertz CT molecular complexity index is 408. The van der Waals surface area contributed by atoms with E-state index in [1.807, 2.05) is 0 Å². The Hall–Kier alpha value is -2.11. The summed E-state index contributed by atoms with van der Waals surface area (Å²) in [6.45, 7) is 1.28. The molecule has 2 N–H and O–H groups in total. The maximum absolute atomic E-state index is 12.8. The highest BCUT2D eigenvalue weighted by Crippen LogP contribution is 2.24. The Labute approximate surface area is 90.8 Å². The minimum atomic E-state index is -2.46. The fraction of sp³-hybridized carbons (Fsp3) is 0.200. The van der Waals surface area contributed by atoms with Gasteiger partial charge in [-0.3, -0.25) is 4.79 Å². The number of amides is 1. The molecule has 0 fully saturated rings. The molecule has 0 saturated heterocycles. The number of carbonyl (C=O) groups is 2. The van der Waals surface area contributed by atoms with Crippen molar-refractivity contribution in [3.8, 4) is 5.75 Å². The van der Waals surface area contributed by atoms with Crippen LogP contribution >= 0.6 is 0 Å². The maximum Gasteiger partial charge on any atom is 0.378 e. The zero-order valence-corrected chi connectivity index (χ0v) is 8.44.